The van der Waals surface area contributed by atoms with E-state index >= 15 is 0 Å². The number of carbonyl (C=O) groups excluding carboxylic acids is 1. The number of rotatable bonds is 7. The second kappa shape index (κ2) is 6.44. The molecule has 0 amide bonds. The van der Waals surface area contributed by atoms with E-state index in [1.54, 1.807) is 6.92 Å². The molecule has 0 bridgehead atoms. The maximum absolute atomic E-state index is 12.0. The molecule has 0 rings (SSSR count). The molecule has 0 aliphatic carbocycles. The third kappa shape index (κ3) is 4.88. The van der Waals surface area contributed by atoms with Crippen molar-refractivity contribution in [1.29, 1.82) is 0 Å². The molecule has 0 saturated carbocycles. The summed E-state index contributed by atoms with van der Waals surface area (Å²) in [5.74, 6) is -1.94. The van der Waals surface area contributed by atoms with E-state index in [-0.39, 0.29) is 0 Å². The van der Waals surface area contributed by atoms with Gasteiger partial charge in [0.15, 0.2) is 5.78 Å². The highest BCUT2D eigenvalue weighted by Crippen LogP contribution is 1.98. The molecule has 82 valence electrons. The second-order valence-corrected chi connectivity index (χ2v) is 2.79. The minimum Gasteiger partial charge on any atom is -0.481 e. The van der Waals surface area contributed by atoms with Gasteiger partial charge in [-0.2, -0.15) is 0 Å². The number of carbonyl (C=O) groups is 2. The maximum atomic E-state index is 12.0. The van der Waals surface area contributed by atoms with Crippen LogP contribution in [-0.2, 0) is 14.3 Å². The number of halogens is 1. The third-order valence-electron chi connectivity index (χ3n) is 1.69. The molecule has 0 radical (unpaired) electrons. The van der Waals surface area contributed by atoms with Crippen LogP contribution in [0.2, 0.25) is 0 Å². The number of carboxylic acids is 1. The molecule has 0 heterocycles. The lowest BCUT2D eigenvalue weighted by atomic mass is 10.1. The SMILES string of the molecule is COC(C)NC(CC(=O)O)C(=O)CF. The average Bonchev–Trinajstić information content (AvgIpc) is 2.14. The number of hydrogen-bond acceptors (Lipinski definition) is 4. The summed E-state index contributed by atoms with van der Waals surface area (Å²) in [5, 5.41) is 11.0. The zero-order chi connectivity index (χ0) is 11.1. The molecular formula is C8H14FNO4. The highest BCUT2D eigenvalue weighted by atomic mass is 19.1. The largest absolute Gasteiger partial charge is 0.481 e. The Hall–Kier alpha value is -1.01. The summed E-state index contributed by atoms with van der Waals surface area (Å²) >= 11 is 0. The van der Waals surface area contributed by atoms with Gasteiger partial charge in [-0.3, -0.25) is 14.9 Å². The lowest BCUT2D eigenvalue weighted by Crippen LogP contribution is -2.44. The van der Waals surface area contributed by atoms with Crippen molar-refractivity contribution < 1.29 is 23.8 Å². The summed E-state index contributed by atoms with van der Waals surface area (Å²) in [6.45, 7) is 0.418. The topological polar surface area (TPSA) is 75.6 Å². The second-order valence-electron chi connectivity index (χ2n) is 2.79. The van der Waals surface area contributed by atoms with Crippen LogP contribution in [-0.4, -0.2) is 42.9 Å². The van der Waals surface area contributed by atoms with Crippen LogP contribution in [0.5, 0.6) is 0 Å². The average molecular weight is 207 g/mol. The van der Waals surface area contributed by atoms with Gasteiger partial charge in [-0.1, -0.05) is 0 Å². The Bertz CT molecular complexity index is 210. The van der Waals surface area contributed by atoms with Crippen molar-refractivity contribution in [2.24, 2.45) is 0 Å². The van der Waals surface area contributed by atoms with Gasteiger partial charge in [-0.05, 0) is 6.92 Å². The highest BCUT2D eigenvalue weighted by molar-refractivity contribution is 5.88. The number of ether oxygens (including phenoxy) is 1. The first-order valence-electron chi connectivity index (χ1n) is 4.10. The molecule has 6 heteroatoms. The minimum atomic E-state index is -1.18. The Labute approximate surface area is 81.2 Å². The number of aliphatic carboxylic acids is 1. The molecule has 0 aromatic heterocycles. The van der Waals surface area contributed by atoms with Crippen molar-refractivity contribution in [3.63, 3.8) is 0 Å². The van der Waals surface area contributed by atoms with Crippen molar-refractivity contribution in [3.05, 3.63) is 0 Å². The molecule has 5 nitrogen and oxygen atoms in total. The van der Waals surface area contributed by atoms with Gasteiger partial charge in [0, 0.05) is 7.11 Å². The van der Waals surface area contributed by atoms with Gasteiger partial charge in [0.1, 0.15) is 12.9 Å². The first-order chi connectivity index (χ1) is 6.51. The smallest absolute Gasteiger partial charge is 0.305 e. The van der Waals surface area contributed by atoms with E-state index in [0.717, 1.165) is 0 Å². The predicted octanol–water partition coefficient (Wildman–Crippen LogP) is -0.0497. The molecule has 2 atom stereocenters. The zero-order valence-corrected chi connectivity index (χ0v) is 8.12. The van der Waals surface area contributed by atoms with Crippen LogP contribution in [0, 0.1) is 0 Å². The van der Waals surface area contributed by atoms with Crippen LogP contribution in [0.1, 0.15) is 13.3 Å². The molecular weight excluding hydrogens is 193 g/mol. The maximum Gasteiger partial charge on any atom is 0.305 e. The fraction of sp³-hybridized carbons (Fsp3) is 0.750. The predicted molar refractivity (Wildman–Crippen MR) is 46.6 cm³/mol. The van der Waals surface area contributed by atoms with Crippen LogP contribution < -0.4 is 5.32 Å². The molecule has 2 unspecified atom stereocenters. The summed E-state index contributed by atoms with van der Waals surface area (Å²) in [7, 11) is 1.40. The number of alkyl halides is 1. The Kier molecular flexibility index (Phi) is 5.98. The van der Waals surface area contributed by atoms with Gasteiger partial charge >= 0.3 is 5.97 Å². The zero-order valence-electron chi connectivity index (χ0n) is 8.12. The number of ketones is 1. The van der Waals surface area contributed by atoms with Gasteiger partial charge in [-0.15, -0.1) is 0 Å². The van der Waals surface area contributed by atoms with Crippen molar-refractivity contribution in [2.45, 2.75) is 25.6 Å². The monoisotopic (exact) mass is 207 g/mol. The number of hydrogen-bond donors (Lipinski definition) is 2. The Morgan fingerprint density at radius 1 is 1.57 bits per heavy atom. The molecule has 0 aliphatic rings. The lowest BCUT2D eigenvalue weighted by Gasteiger charge is -2.18. The summed E-state index contributed by atoms with van der Waals surface area (Å²) in [5.41, 5.74) is 0. The number of Topliss-reactive ketones (excluding diaryl/α,β-unsaturated/α-hetero) is 1. The third-order valence-corrected chi connectivity index (χ3v) is 1.69. The Morgan fingerprint density at radius 2 is 2.14 bits per heavy atom. The van der Waals surface area contributed by atoms with E-state index in [9.17, 15) is 14.0 Å². The van der Waals surface area contributed by atoms with Gasteiger partial charge in [0.25, 0.3) is 0 Å². The highest BCUT2D eigenvalue weighted by Gasteiger charge is 2.22. The van der Waals surface area contributed by atoms with E-state index in [1.165, 1.54) is 7.11 Å². The lowest BCUT2D eigenvalue weighted by molar-refractivity contribution is -0.140. The first kappa shape index (κ1) is 13.0. The molecule has 2 N–H and O–H groups in total. The molecule has 0 aromatic carbocycles. The van der Waals surface area contributed by atoms with Crippen molar-refractivity contribution in [2.75, 3.05) is 13.8 Å². The Morgan fingerprint density at radius 3 is 2.50 bits per heavy atom. The number of nitrogens with one attached hydrogen (secondary N) is 1. The van der Waals surface area contributed by atoms with E-state index in [2.05, 4.69) is 5.32 Å². The first-order valence-corrected chi connectivity index (χ1v) is 4.10. The molecule has 0 spiro atoms. The standard InChI is InChI=1S/C8H14FNO4/c1-5(14-2)10-6(3-8(12)13)7(11)4-9/h5-6,10H,3-4H2,1-2H3,(H,12,13). The number of methoxy groups -OCH3 is 1. The van der Waals surface area contributed by atoms with Gasteiger partial charge < -0.3 is 9.84 Å². The fourth-order valence-corrected chi connectivity index (χ4v) is 0.885. The van der Waals surface area contributed by atoms with E-state index in [0.29, 0.717) is 0 Å². The quantitative estimate of drug-likeness (QED) is 0.572. The molecule has 0 aromatic rings. The van der Waals surface area contributed by atoms with Gasteiger partial charge in [0.05, 0.1) is 12.5 Å². The van der Waals surface area contributed by atoms with E-state index in [4.69, 9.17) is 9.84 Å². The Balaban J connectivity index is 4.24. The van der Waals surface area contributed by atoms with E-state index in [1.807, 2.05) is 0 Å². The van der Waals surface area contributed by atoms with Gasteiger partial charge in [-0.25, -0.2) is 4.39 Å². The van der Waals surface area contributed by atoms with Crippen molar-refractivity contribution >= 4 is 11.8 Å². The molecule has 0 saturated heterocycles. The van der Waals surface area contributed by atoms with Crippen LogP contribution in [0.4, 0.5) is 4.39 Å². The minimum absolute atomic E-state index is 0.448. The van der Waals surface area contributed by atoms with Crippen LogP contribution in [0.3, 0.4) is 0 Å². The summed E-state index contributed by atoms with van der Waals surface area (Å²) < 4.78 is 16.8. The van der Waals surface area contributed by atoms with Crippen molar-refractivity contribution in [3.8, 4) is 0 Å². The number of carboxylic acid groups (broad SMARTS) is 1. The van der Waals surface area contributed by atoms with Crippen molar-refractivity contribution in [1.82, 2.24) is 5.32 Å². The van der Waals surface area contributed by atoms with E-state index < -0.39 is 37.1 Å². The molecule has 0 aliphatic heterocycles. The summed E-state index contributed by atoms with van der Waals surface area (Å²) in [4.78, 5) is 21.3. The fourth-order valence-electron chi connectivity index (χ4n) is 0.885. The normalized spacial score (nSPS) is 14.8. The molecule has 14 heavy (non-hydrogen) atoms. The summed E-state index contributed by atoms with van der Waals surface area (Å²) in [6, 6.07) is -1.03. The van der Waals surface area contributed by atoms with Crippen LogP contribution >= 0.6 is 0 Å². The molecule has 0 fully saturated rings. The van der Waals surface area contributed by atoms with Crippen LogP contribution in [0.25, 0.3) is 0 Å². The summed E-state index contributed by atoms with van der Waals surface area (Å²) in [6.07, 6.45) is -0.939. The van der Waals surface area contributed by atoms with Crippen LogP contribution in [0.15, 0.2) is 0 Å². The van der Waals surface area contributed by atoms with Gasteiger partial charge in [0.2, 0.25) is 0 Å².